The van der Waals surface area contributed by atoms with Crippen LogP contribution in [0.1, 0.15) is 17.2 Å². The third-order valence-corrected chi connectivity index (χ3v) is 3.25. The lowest BCUT2D eigenvalue weighted by molar-refractivity contribution is 0.460. The van der Waals surface area contributed by atoms with Crippen molar-refractivity contribution in [2.24, 2.45) is 0 Å². The lowest BCUT2D eigenvalue weighted by atomic mass is 10.4. The fraction of sp³-hybridized carbons (Fsp3) is 0.231. The van der Waals surface area contributed by atoms with E-state index in [0.717, 1.165) is 34.0 Å². The summed E-state index contributed by atoms with van der Waals surface area (Å²) in [6.45, 7) is 3.36. The second-order valence-electron chi connectivity index (χ2n) is 4.30. The molecule has 98 valence electrons. The summed E-state index contributed by atoms with van der Waals surface area (Å²) < 4.78 is 8.31. The van der Waals surface area contributed by atoms with Crippen LogP contribution < -0.4 is 5.32 Å². The zero-order valence-electron chi connectivity index (χ0n) is 10.4. The number of hydrogen-bond donors (Lipinski definition) is 1. The van der Waals surface area contributed by atoms with Gasteiger partial charge in [0.15, 0.2) is 5.65 Å². The fourth-order valence-electron chi connectivity index (χ4n) is 1.94. The maximum Gasteiger partial charge on any atom is 0.155 e. The summed E-state index contributed by atoms with van der Waals surface area (Å²) in [6.07, 6.45) is 5.50. The molecule has 19 heavy (non-hydrogen) atoms. The Morgan fingerprint density at radius 3 is 2.95 bits per heavy atom. The third-order valence-electron chi connectivity index (χ3n) is 2.84. The highest BCUT2D eigenvalue weighted by atomic mass is 79.9. The number of aryl methyl sites for hydroxylation is 1. The van der Waals surface area contributed by atoms with E-state index in [-0.39, 0.29) is 0 Å². The number of nitrogens with one attached hydrogen (secondary N) is 1. The van der Waals surface area contributed by atoms with Gasteiger partial charge in [0.05, 0.1) is 24.6 Å². The summed E-state index contributed by atoms with van der Waals surface area (Å²) in [6, 6.07) is 3.95. The summed E-state index contributed by atoms with van der Waals surface area (Å²) in [4.78, 5) is 8.45. The minimum Gasteiger partial charge on any atom is -0.465 e. The number of aromatic nitrogens is 3. The average molecular weight is 321 g/mol. The Labute approximate surface area is 118 Å². The summed E-state index contributed by atoms with van der Waals surface area (Å²) in [5.74, 6) is 1.87. The molecule has 5 nitrogen and oxygen atoms in total. The molecular formula is C13H13BrN4O. The number of halogens is 1. The molecule has 3 aromatic heterocycles. The van der Waals surface area contributed by atoms with E-state index in [1.54, 1.807) is 6.20 Å². The Balaban J connectivity index is 1.70. The molecule has 0 aliphatic rings. The number of rotatable bonds is 4. The Bertz CT molecular complexity index is 704. The first-order valence-electron chi connectivity index (χ1n) is 5.96. The number of nitrogens with zero attached hydrogens (tertiary/aromatic N) is 3. The molecule has 6 heteroatoms. The van der Waals surface area contributed by atoms with Crippen molar-refractivity contribution in [3.8, 4) is 0 Å². The van der Waals surface area contributed by atoms with Gasteiger partial charge >= 0.3 is 0 Å². The fourth-order valence-corrected chi connectivity index (χ4v) is 2.25. The first-order chi connectivity index (χ1) is 9.22. The van der Waals surface area contributed by atoms with E-state index >= 15 is 0 Å². The van der Waals surface area contributed by atoms with E-state index in [0.29, 0.717) is 6.54 Å². The summed E-state index contributed by atoms with van der Waals surface area (Å²) in [5, 5.41) is 3.34. The molecule has 0 amide bonds. The Kier molecular flexibility index (Phi) is 3.35. The van der Waals surface area contributed by atoms with Crippen molar-refractivity contribution in [1.82, 2.24) is 19.7 Å². The zero-order chi connectivity index (χ0) is 13.2. The van der Waals surface area contributed by atoms with Gasteiger partial charge in [-0.2, -0.15) is 0 Å². The summed E-state index contributed by atoms with van der Waals surface area (Å²) in [7, 11) is 0. The van der Waals surface area contributed by atoms with Gasteiger partial charge in [0.2, 0.25) is 0 Å². The standard InChI is InChI=1S/C13H13BrN4O/c1-9-2-3-11(19-9)6-15-4-10-5-17-13-7-16-12(14)8-18(10)13/h2-3,5,7-8,15H,4,6H2,1H3. The van der Waals surface area contributed by atoms with Crippen LogP contribution in [-0.4, -0.2) is 14.4 Å². The highest BCUT2D eigenvalue weighted by Crippen LogP contribution is 2.11. The van der Waals surface area contributed by atoms with Crippen LogP contribution >= 0.6 is 15.9 Å². The molecule has 3 aromatic rings. The molecule has 0 aromatic carbocycles. The molecule has 0 aliphatic carbocycles. The van der Waals surface area contributed by atoms with Crippen LogP contribution in [0.25, 0.3) is 5.65 Å². The molecule has 0 aliphatic heterocycles. The van der Waals surface area contributed by atoms with Gasteiger partial charge in [-0.15, -0.1) is 0 Å². The van der Waals surface area contributed by atoms with Crippen molar-refractivity contribution >= 4 is 21.6 Å². The lowest BCUT2D eigenvalue weighted by Gasteiger charge is -2.03. The molecule has 1 N–H and O–H groups in total. The SMILES string of the molecule is Cc1ccc(CNCc2cnc3cnc(Br)cn23)o1. The van der Waals surface area contributed by atoms with E-state index in [4.69, 9.17) is 4.42 Å². The Morgan fingerprint density at radius 2 is 2.16 bits per heavy atom. The van der Waals surface area contributed by atoms with Crippen LogP contribution in [0.2, 0.25) is 0 Å². The lowest BCUT2D eigenvalue weighted by Crippen LogP contribution is -2.13. The van der Waals surface area contributed by atoms with Crippen LogP contribution in [-0.2, 0) is 13.1 Å². The van der Waals surface area contributed by atoms with E-state index in [1.165, 1.54) is 0 Å². The van der Waals surface area contributed by atoms with Gasteiger partial charge in [-0.3, -0.25) is 4.40 Å². The van der Waals surface area contributed by atoms with Gasteiger partial charge in [-0.25, -0.2) is 9.97 Å². The smallest absolute Gasteiger partial charge is 0.155 e. The van der Waals surface area contributed by atoms with Crippen LogP contribution in [0, 0.1) is 6.92 Å². The first kappa shape index (κ1) is 12.4. The topological polar surface area (TPSA) is 55.4 Å². The monoisotopic (exact) mass is 320 g/mol. The van der Waals surface area contributed by atoms with Crippen LogP contribution in [0.3, 0.4) is 0 Å². The molecule has 3 rings (SSSR count). The summed E-state index contributed by atoms with van der Waals surface area (Å²) >= 11 is 3.36. The van der Waals surface area contributed by atoms with Crippen molar-refractivity contribution in [2.45, 2.75) is 20.0 Å². The second kappa shape index (κ2) is 5.14. The average Bonchev–Trinajstić information content (AvgIpc) is 2.97. The molecule has 0 atom stereocenters. The third kappa shape index (κ3) is 2.69. The molecule has 0 fully saturated rings. The van der Waals surface area contributed by atoms with Crippen molar-refractivity contribution in [2.75, 3.05) is 0 Å². The van der Waals surface area contributed by atoms with E-state index in [1.807, 2.05) is 35.9 Å². The molecule has 0 saturated heterocycles. The van der Waals surface area contributed by atoms with Crippen molar-refractivity contribution in [3.05, 3.63) is 52.5 Å². The van der Waals surface area contributed by atoms with E-state index < -0.39 is 0 Å². The minimum absolute atomic E-state index is 0.702. The maximum atomic E-state index is 5.51. The van der Waals surface area contributed by atoms with Gasteiger partial charge in [0, 0.05) is 12.7 Å². The van der Waals surface area contributed by atoms with Gasteiger partial charge < -0.3 is 9.73 Å². The van der Waals surface area contributed by atoms with Crippen LogP contribution in [0.4, 0.5) is 0 Å². The second-order valence-corrected chi connectivity index (χ2v) is 5.12. The van der Waals surface area contributed by atoms with Gasteiger partial charge in [-0.1, -0.05) is 0 Å². The summed E-state index contributed by atoms with van der Waals surface area (Å²) in [5.41, 5.74) is 1.93. The number of imidazole rings is 1. The molecule has 0 radical (unpaired) electrons. The maximum absolute atomic E-state index is 5.51. The van der Waals surface area contributed by atoms with Crippen molar-refractivity contribution in [1.29, 1.82) is 0 Å². The molecule has 3 heterocycles. The normalized spacial score (nSPS) is 11.3. The number of fused-ring (bicyclic) bond motifs is 1. The number of hydrogen-bond acceptors (Lipinski definition) is 4. The van der Waals surface area contributed by atoms with Crippen LogP contribution in [0.15, 0.2) is 39.7 Å². The number of furan rings is 1. The van der Waals surface area contributed by atoms with Gasteiger partial charge in [0.1, 0.15) is 16.1 Å². The Hall–Kier alpha value is -1.66. The minimum atomic E-state index is 0.702. The van der Waals surface area contributed by atoms with Crippen molar-refractivity contribution in [3.63, 3.8) is 0 Å². The first-order valence-corrected chi connectivity index (χ1v) is 6.75. The van der Waals surface area contributed by atoms with Gasteiger partial charge in [-0.05, 0) is 35.0 Å². The van der Waals surface area contributed by atoms with E-state index in [9.17, 15) is 0 Å². The predicted molar refractivity (Wildman–Crippen MR) is 74.7 cm³/mol. The molecular weight excluding hydrogens is 308 g/mol. The molecule has 0 unspecified atom stereocenters. The molecule has 0 saturated carbocycles. The van der Waals surface area contributed by atoms with Crippen LogP contribution in [0.5, 0.6) is 0 Å². The molecule has 0 spiro atoms. The highest BCUT2D eigenvalue weighted by molar-refractivity contribution is 9.10. The predicted octanol–water partition coefficient (Wildman–Crippen LogP) is 2.68. The van der Waals surface area contributed by atoms with Crippen molar-refractivity contribution < 1.29 is 4.42 Å². The van der Waals surface area contributed by atoms with Gasteiger partial charge in [0.25, 0.3) is 0 Å². The Morgan fingerprint density at radius 1 is 1.26 bits per heavy atom. The zero-order valence-corrected chi connectivity index (χ0v) is 12.0. The largest absolute Gasteiger partial charge is 0.465 e. The highest BCUT2D eigenvalue weighted by Gasteiger charge is 2.04. The molecule has 0 bridgehead atoms. The quantitative estimate of drug-likeness (QED) is 0.803. The van der Waals surface area contributed by atoms with E-state index in [2.05, 4.69) is 31.2 Å².